The fourth-order valence-electron chi connectivity index (χ4n) is 0.122. The van der Waals surface area contributed by atoms with Crippen LogP contribution in [0.5, 0.6) is 0 Å². The average Bonchev–Trinajstić information content (AvgIpc) is 1.47. The van der Waals surface area contributed by atoms with Gasteiger partial charge >= 0.3 is 213 Å². The molecule has 0 unspecified atom stereocenters. The van der Waals surface area contributed by atoms with Gasteiger partial charge in [-0.15, -0.1) is 0 Å². The Bertz CT molecular complexity index is 198. The summed E-state index contributed by atoms with van der Waals surface area (Å²) in [6.45, 7) is 0. The van der Waals surface area contributed by atoms with Crippen LogP contribution in [0, 0.1) is 0 Å². The molecule has 0 aliphatic rings. The molecule has 0 fully saturated rings. The van der Waals surface area contributed by atoms with Crippen LogP contribution in [0.3, 0.4) is 0 Å². The predicted molar refractivity (Wildman–Crippen MR) is 28.7 cm³/mol. The van der Waals surface area contributed by atoms with Crippen LogP contribution in [0.25, 0.3) is 0 Å². The summed E-state index contributed by atoms with van der Waals surface area (Å²) in [4.78, 5) is 37.3. The summed E-state index contributed by atoms with van der Waals surface area (Å²) in [5.74, 6) is 0. The average molecular weight is 392 g/mol. The van der Waals surface area contributed by atoms with Crippen LogP contribution in [0.2, 0.25) is 0 Å². The number of hydrogen-bond acceptors (Lipinski definition) is 10. The molecule has 0 spiro atoms. The van der Waals surface area contributed by atoms with Crippen molar-refractivity contribution in [2.75, 3.05) is 0 Å². The molecule has 0 rings (SSSR count). The molecule has 0 saturated heterocycles. The van der Waals surface area contributed by atoms with E-state index in [2.05, 4.69) is 4.31 Å². The Hall–Kier alpha value is 6.75. The molecule has 3 N–H and O–H groups in total. The molecule has 0 aromatic rings. The standard InChI is InChI=1S/BH3O3.4K.H4O7P2/c2-1(3)4;;;;;1-8(2,3)7-9(4,5)6/h2-4H;;;;;(H2,1,2,3)(H2,4,5,6)/q;4*+1;/p-4. The molecule has 10 nitrogen and oxygen atoms in total. The normalized spacial score (nSPS) is 8.88. The van der Waals surface area contributed by atoms with Crippen molar-refractivity contribution in [1.29, 1.82) is 0 Å². The van der Waals surface area contributed by atoms with Crippen molar-refractivity contribution in [2.24, 2.45) is 0 Å². The summed E-state index contributed by atoms with van der Waals surface area (Å²) in [5.41, 5.74) is 0. The molecule has 0 aliphatic carbocycles. The van der Waals surface area contributed by atoms with Crippen LogP contribution in [-0.4, -0.2) is 22.4 Å². The Morgan fingerprint density at radius 1 is 0.765 bits per heavy atom. The molecule has 80 valence electrons. The van der Waals surface area contributed by atoms with E-state index in [0.29, 0.717) is 0 Å². The minimum atomic E-state index is -5.68. The molecule has 0 amide bonds. The third-order valence-corrected chi connectivity index (χ3v) is 1.80. The topological polar surface area (TPSA) is 196 Å². The number of hydrogen-bond donors (Lipinski definition) is 3. The second-order valence-corrected chi connectivity index (χ2v) is 3.76. The molecule has 17 heavy (non-hydrogen) atoms. The van der Waals surface area contributed by atoms with Crippen LogP contribution < -0.4 is 225 Å². The van der Waals surface area contributed by atoms with Crippen molar-refractivity contribution in [2.45, 2.75) is 0 Å². The van der Waals surface area contributed by atoms with E-state index >= 15 is 0 Å². The fourth-order valence-corrected chi connectivity index (χ4v) is 1.10. The van der Waals surface area contributed by atoms with E-state index in [1.165, 1.54) is 0 Å². The molecule has 0 saturated carbocycles. The van der Waals surface area contributed by atoms with Gasteiger partial charge < -0.3 is 48.1 Å². The summed E-state index contributed by atoms with van der Waals surface area (Å²) >= 11 is 0. The maximum Gasteiger partial charge on any atom is 1.00 e. The minimum Gasteiger partial charge on any atom is -0.790 e. The molecule has 0 radical (unpaired) electrons. The van der Waals surface area contributed by atoms with E-state index in [4.69, 9.17) is 15.1 Å². The van der Waals surface area contributed by atoms with Gasteiger partial charge in [0.05, 0.1) is 15.6 Å². The Morgan fingerprint density at radius 3 is 0.882 bits per heavy atom. The molecular weight excluding hydrogens is 389 g/mol. The first-order valence-corrected chi connectivity index (χ1v) is 5.16. The predicted octanol–water partition coefficient (Wildman–Crippen LogP) is -17.4. The van der Waals surface area contributed by atoms with Gasteiger partial charge in [0.2, 0.25) is 0 Å². The van der Waals surface area contributed by atoms with Crippen molar-refractivity contribution in [3.63, 3.8) is 0 Å². The first-order chi connectivity index (χ1) is 5.44. The number of rotatable bonds is 2. The first kappa shape index (κ1) is 39.0. The maximum atomic E-state index is 9.32. The van der Waals surface area contributed by atoms with Gasteiger partial charge in [-0.05, 0) is 0 Å². The summed E-state index contributed by atoms with van der Waals surface area (Å²) in [5, 5.41) is 21.5. The Balaban J connectivity index is -0.0000000338. The van der Waals surface area contributed by atoms with E-state index in [0.717, 1.165) is 0 Å². The largest absolute Gasteiger partial charge is 1.00 e. The van der Waals surface area contributed by atoms with Gasteiger partial charge in [0, 0.05) is 0 Å². The number of phosphoric acid groups is 2. The van der Waals surface area contributed by atoms with Gasteiger partial charge in [-0.1, -0.05) is 0 Å². The van der Waals surface area contributed by atoms with Crippen LogP contribution >= 0.6 is 15.6 Å². The van der Waals surface area contributed by atoms with Crippen molar-refractivity contribution < 1.29 is 254 Å². The van der Waals surface area contributed by atoms with E-state index in [1.54, 1.807) is 0 Å². The fraction of sp³-hybridized carbons (Fsp3) is 0. The second-order valence-electron chi connectivity index (χ2n) is 1.32. The smallest absolute Gasteiger partial charge is 0.790 e. The first-order valence-electron chi connectivity index (χ1n) is 2.24. The van der Waals surface area contributed by atoms with E-state index < -0.39 is 23.0 Å². The van der Waals surface area contributed by atoms with Crippen molar-refractivity contribution in [3.05, 3.63) is 0 Å². The summed E-state index contributed by atoms with van der Waals surface area (Å²) in [6, 6.07) is 0. The Labute approximate surface area is 268 Å². The molecule has 0 atom stereocenters. The van der Waals surface area contributed by atoms with Crippen LogP contribution in [0.4, 0.5) is 0 Å². The third-order valence-electron chi connectivity index (χ3n) is 0.200. The zero-order chi connectivity index (χ0) is 11.3. The zero-order valence-electron chi connectivity index (χ0n) is 9.67. The summed E-state index contributed by atoms with van der Waals surface area (Å²) < 4.78 is 21.2. The monoisotopic (exact) mass is 392 g/mol. The zero-order valence-corrected chi connectivity index (χ0v) is 24.0. The quantitative estimate of drug-likeness (QED) is 0.300. The minimum absolute atomic E-state index is 0. The SMILES string of the molecule is O=P([O-])([O-])OP(=O)([O-])[O-].OB(O)O.[K+].[K+].[K+].[K+]. The van der Waals surface area contributed by atoms with Gasteiger partial charge in [-0.25, -0.2) is 0 Å². The maximum absolute atomic E-state index is 9.32. The van der Waals surface area contributed by atoms with Crippen molar-refractivity contribution in [3.8, 4) is 0 Å². The van der Waals surface area contributed by atoms with Crippen LogP contribution in [0.1, 0.15) is 0 Å². The molecule has 0 aromatic heterocycles. The summed E-state index contributed by atoms with van der Waals surface area (Å²) in [6.07, 6.45) is 0. The molecule has 0 bridgehead atoms. The van der Waals surface area contributed by atoms with Crippen LogP contribution in [0.15, 0.2) is 0 Å². The molecule has 17 heteroatoms. The molecule has 0 aliphatic heterocycles. The second kappa shape index (κ2) is 20.8. The molecular formula is H3BK4O10P2. The molecule has 0 aromatic carbocycles. The Kier molecular flexibility index (Phi) is 47.7. The summed E-state index contributed by atoms with van der Waals surface area (Å²) in [7, 11) is -13.5. The third kappa shape index (κ3) is 60.3. The van der Waals surface area contributed by atoms with Gasteiger partial charge in [0.15, 0.2) is 0 Å². The van der Waals surface area contributed by atoms with Crippen molar-refractivity contribution in [1.82, 2.24) is 0 Å². The van der Waals surface area contributed by atoms with E-state index in [-0.39, 0.29) is 206 Å². The van der Waals surface area contributed by atoms with Crippen molar-refractivity contribution >= 4 is 23.0 Å². The van der Waals surface area contributed by atoms with E-state index in [9.17, 15) is 28.7 Å². The molecule has 0 heterocycles. The van der Waals surface area contributed by atoms with Gasteiger partial charge in [0.25, 0.3) is 0 Å². The Morgan fingerprint density at radius 2 is 0.882 bits per heavy atom. The van der Waals surface area contributed by atoms with Gasteiger partial charge in [0.1, 0.15) is 0 Å². The van der Waals surface area contributed by atoms with E-state index in [1.807, 2.05) is 0 Å². The van der Waals surface area contributed by atoms with Gasteiger partial charge in [-0.2, -0.15) is 0 Å². The van der Waals surface area contributed by atoms with Crippen LogP contribution in [-0.2, 0) is 13.4 Å². The van der Waals surface area contributed by atoms with Gasteiger partial charge in [-0.3, -0.25) is 0 Å².